The zero-order valence-electron chi connectivity index (χ0n) is 12.6. The minimum atomic E-state index is 1.01. The van der Waals surface area contributed by atoms with Crippen LogP contribution < -0.4 is 0 Å². The third-order valence-corrected chi connectivity index (χ3v) is 5.03. The molecule has 4 aromatic rings. The van der Waals surface area contributed by atoms with Gasteiger partial charge in [-0.2, -0.15) is 0 Å². The second-order valence-corrected chi connectivity index (χ2v) is 6.08. The van der Waals surface area contributed by atoms with Crippen molar-refractivity contribution in [2.75, 3.05) is 0 Å². The van der Waals surface area contributed by atoms with Gasteiger partial charge in [0.05, 0.1) is 0 Å². The molecule has 1 aromatic heterocycles. The lowest BCUT2D eigenvalue weighted by Crippen LogP contribution is -2.02. The van der Waals surface area contributed by atoms with E-state index in [4.69, 9.17) is 0 Å². The largest absolute Gasteiger partial charge is 0.389 e. The van der Waals surface area contributed by atoms with E-state index in [0.29, 0.717) is 0 Å². The van der Waals surface area contributed by atoms with E-state index in [0.717, 1.165) is 13.8 Å². The number of hydrogen-bond donors (Lipinski definition) is 0. The van der Waals surface area contributed by atoms with Crippen molar-refractivity contribution in [3.8, 4) is 11.1 Å². The predicted octanol–water partition coefficient (Wildman–Crippen LogP) is 4.61. The number of benzene rings is 3. The topological polar surface area (TPSA) is 4.93 Å². The Morgan fingerprint density at radius 2 is 1.64 bits per heavy atom. The number of aromatic nitrogens is 1. The number of fused-ring (bicyclic) bond motifs is 7. The molecule has 22 heavy (non-hydrogen) atoms. The summed E-state index contributed by atoms with van der Waals surface area (Å²) in [4.78, 5) is 0. The van der Waals surface area contributed by atoms with E-state index < -0.39 is 0 Å². The van der Waals surface area contributed by atoms with Crippen LogP contribution in [0.5, 0.6) is 0 Å². The predicted molar refractivity (Wildman–Crippen MR) is 96.1 cm³/mol. The molecule has 2 heteroatoms. The Labute approximate surface area is 130 Å². The Morgan fingerprint density at radius 3 is 2.55 bits per heavy atom. The lowest BCUT2D eigenvalue weighted by atomic mass is 9.97. The summed E-state index contributed by atoms with van der Waals surface area (Å²) < 4.78 is 2.48. The molecule has 0 saturated heterocycles. The molecule has 0 N–H and O–H groups in total. The molecule has 1 nitrogen and oxygen atoms in total. The average Bonchev–Trinajstić information content (AvgIpc) is 3.10. The van der Waals surface area contributed by atoms with Crippen molar-refractivity contribution in [2.45, 2.75) is 13.2 Å². The van der Waals surface area contributed by atoms with Gasteiger partial charge in [0.1, 0.15) is 0 Å². The van der Waals surface area contributed by atoms with Crippen LogP contribution in [-0.2, 0) is 6.42 Å². The molecule has 0 atom stereocenters. The van der Waals surface area contributed by atoms with Crippen LogP contribution >= 0.6 is 0 Å². The normalized spacial score (nSPS) is 12.6. The van der Waals surface area contributed by atoms with E-state index in [1.54, 1.807) is 0 Å². The Balaban J connectivity index is 1.97. The maximum Gasteiger partial charge on any atom is 0.239 e. The highest BCUT2D eigenvalue weighted by atomic mass is 14.9. The molecule has 5 rings (SSSR count). The van der Waals surface area contributed by atoms with Crippen molar-refractivity contribution in [2.24, 2.45) is 0 Å². The number of nitrogens with zero attached hydrogens (tertiary/aromatic N) is 1. The van der Waals surface area contributed by atoms with Crippen LogP contribution in [0.2, 0.25) is 6.82 Å². The summed E-state index contributed by atoms with van der Waals surface area (Å²) in [6, 6.07) is 22.2. The van der Waals surface area contributed by atoms with Gasteiger partial charge < -0.3 is 4.48 Å². The van der Waals surface area contributed by atoms with Crippen molar-refractivity contribution in [3.63, 3.8) is 0 Å². The highest BCUT2D eigenvalue weighted by Gasteiger charge is 2.23. The molecule has 1 aliphatic rings. The Hall–Kier alpha value is -2.48. The summed E-state index contributed by atoms with van der Waals surface area (Å²) in [5.74, 6) is 0. The number of rotatable bonds is 1. The van der Waals surface area contributed by atoms with Crippen LogP contribution in [0.15, 0.2) is 60.7 Å². The minimum absolute atomic E-state index is 1.01. The van der Waals surface area contributed by atoms with E-state index >= 15 is 0 Å². The average molecular weight is 281 g/mol. The summed E-state index contributed by atoms with van der Waals surface area (Å²) in [6.07, 6.45) is 1.05. The molecule has 0 aliphatic heterocycles. The van der Waals surface area contributed by atoms with Crippen molar-refractivity contribution < 1.29 is 0 Å². The number of hydrogen-bond acceptors (Lipinski definition) is 0. The standard InChI is InChI=1S/C20H16BN/c1-21-22-19-9-5-4-8-16(19)17-11-10-15-14-7-3-2-6-13(14)12-18(15)20(17)22/h2-11,21H,12H2,1H3. The van der Waals surface area contributed by atoms with E-state index in [1.807, 2.05) is 0 Å². The fourth-order valence-electron chi connectivity index (χ4n) is 4.11. The molecule has 1 heterocycles. The van der Waals surface area contributed by atoms with Crippen LogP contribution in [-0.4, -0.2) is 11.9 Å². The molecule has 0 saturated carbocycles. The fourth-order valence-corrected chi connectivity index (χ4v) is 4.11. The molecular formula is C20H16BN. The van der Waals surface area contributed by atoms with Crippen LogP contribution in [0, 0.1) is 0 Å². The van der Waals surface area contributed by atoms with E-state index in [2.05, 4.69) is 72.0 Å². The zero-order chi connectivity index (χ0) is 14.7. The molecule has 0 amide bonds. The van der Waals surface area contributed by atoms with Gasteiger partial charge in [0.2, 0.25) is 7.41 Å². The first-order chi connectivity index (χ1) is 10.9. The zero-order valence-corrected chi connectivity index (χ0v) is 12.6. The lowest BCUT2D eigenvalue weighted by Gasteiger charge is -2.07. The third-order valence-electron chi connectivity index (χ3n) is 5.03. The molecule has 0 radical (unpaired) electrons. The van der Waals surface area contributed by atoms with Gasteiger partial charge in [-0.25, -0.2) is 0 Å². The Kier molecular flexibility index (Phi) is 2.35. The van der Waals surface area contributed by atoms with Gasteiger partial charge in [0, 0.05) is 28.2 Å². The smallest absolute Gasteiger partial charge is 0.239 e. The third kappa shape index (κ3) is 1.40. The summed E-state index contributed by atoms with van der Waals surface area (Å²) in [6.45, 7) is 2.24. The first-order valence-corrected chi connectivity index (χ1v) is 7.99. The molecule has 0 fully saturated rings. The van der Waals surface area contributed by atoms with Crippen molar-refractivity contribution in [1.82, 2.24) is 4.48 Å². The second kappa shape index (κ2) is 4.26. The Bertz CT molecular complexity index is 1040. The van der Waals surface area contributed by atoms with Crippen LogP contribution in [0.4, 0.5) is 0 Å². The molecule has 3 aromatic carbocycles. The molecule has 0 spiro atoms. The summed E-state index contributed by atoms with van der Waals surface area (Å²) in [7, 11) is 1.01. The first kappa shape index (κ1) is 12.1. The first-order valence-electron chi connectivity index (χ1n) is 7.99. The van der Waals surface area contributed by atoms with E-state index in [9.17, 15) is 0 Å². The molecule has 0 unspecified atom stereocenters. The SMILES string of the molecule is CBn1c2ccccc2c2ccc3c(c21)Cc1ccccc1-3. The van der Waals surface area contributed by atoms with E-state index in [-0.39, 0.29) is 0 Å². The lowest BCUT2D eigenvalue weighted by molar-refractivity contribution is 1.24. The highest BCUT2D eigenvalue weighted by Crippen LogP contribution is 2.42. The summed E-state index contributed by atoms with van der Waals surface area (Å²) >= 11 is 0. The maximum absolute atomic E-state index is 2.48. The maximum atomic E-state index is 2.48. The highest BCUT2D eigenvalue weighted by molar-refractivity contribution is 6.38. The van der Waals surface area contributed by atoms with Crippen LogP contribution in [0.25, 0.3) is 32.9 Å². The summed E-state index contributed by atoms with van der Waals surface area (Å²) in [5, 5.41) is 2.77. The minimum Gasteiger partial charge on any atom is -0.389 e. The van der Waals surface area contributed by atoms with Gasteiger partial charge in [0.25, 0.3) is 0 Å². The van der Waals surface area contributed by atoms with Gasteiger partial charge in [-0.05, 0) is 28.3 Å². The van der Waals surface area contributed by atoms with Crippen LogP contribution in [0.3, 0.4) is 0 Å². The Morgan fingerprint density at radius 1 is 0.818 bits per heavy atom. The molecule has 104 valence electrons. The fraction of sp³-hybridized carbons (Fsp3) is 0.100. The summed E-state index contributed by atoms with van der Waals surface area (Å²) in [5.41, 5.74) is 8.56. The van der Waals surface area contributed by atoms with Crippen LogP contribution in [0.1, 0.15) is 11.1 Å². The number of para-hydroxylation sites is 1. The van der Waals surface area contributed by atoms with Gasteiger partial charge in [0.15, 0.2) is 0 Å². The quantitative estimate of drug-likeness (QED) is 0.395. The van der Waals surface area contributed by atoms with Gasteiger partial charge in [-0.15, -0.1) is 0 Å². The van der Waals surface area contributed by atoms with E-state index in [1.165, 1.54) is 44.1 Å². The second-order valence-electron chi connectivity index (χ2n) is 6.08. The van der Waals surface area contributed by atoms with Gasteiger partial charge in [-0.3, -0.25) is 0 Å². The van der Waals surface area contributed by atoms with Crippen molar-refractivity contribution in [3.05, 3.63) is 71.8 Å². The van der Waals surface area contributed by atoms with Gasteiger partial charge >= 0.3 is 0 Å². The van der Waals surface area contributed by atoms with Crippen molar-refractivity contribution >= 4 is 29.2 Å². The molecule has 0 bridgehead atoms. The molecular weight excluding hydrogens is 265 g/mol. The van der Waals surface area contributed by atoms with Crippen molar-refractivity contribution in [1.29, 1.82) is 0 Å². The van der Waals surface area contributed by atoms with Gasteiger partial charge in [-0.1, -0.05) is 61.4 Å². The monoisotopic (exact) mass is 281 g/mol. The molecule has 1 aliphatic carbocycles.